The van der Waals surface area contributed by atoms with Crippen LogP contribution < -0.4 is 4.90 Å². The molecule has 0 saturated carbocycles. The van der Waals surface area contributed by atoms with E-state index in [1.807, 2.05) is 18.7 Å². The van der Waals surface area contributed by atoms with E-state index >= 15 is 0 Å². The minimum absolute atomic E-state index is 0.0188. The number of hydrogen-bond acceptors (Lipinski definition) is 5. The highest BCUT2D eigenvalue weighted by Gasteiger charge is 2.26. The maximum atomic E-state index is 9.32. The van der Waals surface area contributed by atoms with Crippen LogP contribution in [0.1, 0.15) is 11.4 Å². The van der Waals surface area contributed by atoms with Crippen molar-refractivity contribution >= 4 is 17.4 Å². The Morgan fingerprint density at radius 2 is 2.12 bits per heavy atom. The molecule has 1 aliphatic heterocycles. The molecule has 1 aliphatic rings. The molecule has 1 unspecified atom stereocenters. The van der Waals surface area contributed by atoms with Crippen molar-refractivity contribution in [1.29, 1.82) is 0 Å². The fourth-order valence-electron chi connectivity index (χ4n) is 1.83. The zero-order valence-corrected chi connectivity index (χ0v) is 10.7. The number of morpholine rings is 1. The Labute approximate surface area is 105 Å². The van der Waals surface area contributed by atoms with Crippen molar-refractivity contribution in [2.75, 3.05) is 31.3 Å². The van der Waals surface area contributed by atoms with Crippen LogP contribution in [-0.2, 0) is 4.74 Å². The maximum absolute atomic E-state index is 9.32. The van der Waals surface area contributed by atoms with Crippen molar-refractivity contribution in [2.24, 2.45) is 0 Å². The third-order valence-corrected chi connectivity index (χ3v) is 3.21. The van der Waals surface area contributed by atoms with Gasteiger partial charge in [-0.2, -0.15) is 0 Å². The second-order valence-corrected chi connectivity index (χ2v) is 4.47. The Morgan fingerprint density at radius 3 is 2.82 bits per heavy atom. The molecular weight excluding hydrogens is 242 g/mol. The number of halogens is 1. The molecular formula is C11H16ClN3O2. The first-order valence-corrected chi connectivity index (χ1v) is 5.97. The standard InChI is InChI=1S/C11H16ClN3O2/c1-7-8(2)14-11(10(12)13-7)15-3-4-17-6-9(15)5-16/h9,16H,3-6H2,1-2H3. The van der Waals surface area contributed by atoms with Gasteiger partial charge in [-0.3, -0.25) is 0 Å². The zero-order chi connectivity index (χ0) is 12.4. The maximum Gasteiger partial charge on any atom is 0.171 e. The minimum atomic E-state index is -0.0994. The molecule has 1 atom stereocenters. The normalized spacial score (nSPS) is 20.7. The molecule has 1 N–H and O–H groups in total. The van der Waals surface area contributed by atoms with Crippen LogP contribution in [-0.4, -0.2) is 47.5 Å². The summed E-state index contributed by atoms with van der Waals surface area (Å²) >= 11 is 6.12. The quantitative estimate of drug-likeness (QED) is 0.855. The smallest absolute Gasteiger partial charge is 0.171 e. The Balaban J connectivity index is 2.34. The van der Waals surface area contributed by atoms with E-state index in [0.29, 0.717) is 30.7 Å². The number of aromatic nitrogens is 2. The number of ether oxygens (including phenoxy) is 1. The summed E-state index contributed by atoms with van der Waals surface area (Å²) in [6.07, 6.45) is 0. The predicted octanol–water partition coefficient (Wildman–Crippen LogP) is 0.944. The van der Waals surface area contributed by atoms with Crippen molar-refractivity contribution in [3.8, 4) is 0 Å². The predicted molar refractivity (Wildman–Crippen MR) is 65.6 cm³/mol. The monoisotopic (exact) mass is 257 g/mol. The first-order valence-electron chi connectivity index (χ1n) is 5.59. The number of aryl methyl sites for hydroxylation is 2. The van der Waals surface area contributed by atoms with E-state index in [9.17, 15) is 5.11 Å². The van der Waals surface area contributed by atoms with Gasteiger partial charge in [0.05, 0.1) is 37.3 Å². The second kappa shape index (κ2) is 5.16. The summed E-state index contributed by atoms with van der Waals surface area (Å²) in [5.41, 5.74) is 1.68. The van der Waals surface area contributed by atoms with Gasteiger partial charge in [-0.1, -0.05) is 11.6 Å². The van der Waals surface area contributed by atoms with Crippen molar-refractivity contribution in [3.63, 3.8) is 0 Å². The third kappa shape index (κ3) is 2.51. The van der Waals surface area contributed by atoms with Gasteiger partial charge in [0.15, 0.2) is 11.0 Å². The highest BCUT2D eigenvalue weighted by molar-refractivity contribution is 6.31. The van der Waals surface area contributed by atoms with Gasteiger partial charge in [0.25, 0.3) is 0 Å². The lowest BCUT2D eigenvalue weighted by Gasteiger charge is -2.35. The molecule has 1 aromatic rings. The van der Waals surface area contributed by atoms with Crippen LogP contribution in [0.2, 0.25) is 5.15 Å². The lowest BCUT2D eigenvalue weighted by Crippen LogP contribution is -2.48. The van der Waals surface area contributed by atoms with Crippen LogP contribution in [0.3, 0.4) is 0 Å². The lowest BCUT2D eigenvalue weighted by atomic mass is 10.2. The summed E-state index contributed by atoms with van der Waals surface area (Å²) in [5.74, 6) is 0.636. The van der Waals surface area contributed by atoms with E-state index in [-0.39, 0.29) is 12.6 Å². The summed E-state index contributed by atoms with van der Waals surface area (Å²) in [5, 5.41) is 9.71. The average Bonchev–Trinajstić information content (AvgIpc) is 2.34. The molecule has 0 aromatic carbocycles. The van der Waals surface area contributed by atoms with Gasteiger partial charge in [-0.25, -0.2) is 9.97 Å². The Kier molecular flexibility index (Phi) is 3.81. The van der Waals surface area contributed by atoms with Gasteiger partial charge in [-0.05, 0) is 13.8 Å². The van der Waals surface area contributed by atoms with Gasteiger partial charge in [0.2, 0.25) is 0 Å². The number of anilines is 1. The van der Waals surface area contributed by atoms with Crippen LogP contribution in [0.5, 0.6) is 0 Å². The number of aliphatic hydroxyl groups excluding tert-OH is 1. The zero-order valence-electron chi connectivity index (χ0n) is 9.98. The van der Waals surface area contributed by atoms with Gasteiger partial charge in [-0.15, -0.1) is 0 Å². The molecule has 0 spiro atoms. The van der Waals surface area contributed by atoms with Crippen molar-refractivity contribution in [3.05, 3.63) is 16.5 Å². The number of nitrogens with zero attached hydrogens (tertiary/aromatic N) is 3. The van der Waals surface area contributed by atoms with E-state index in [2.05, 4.69) is 9.97 Å². The molecule has 17 heavy (non-hydrogen) atoms. The molecule has 1 aromatic heterocycles. The molecule has 5 nitrogen and oxygen atoms in total. The van der Waals surface area contributed by atoms with Crippen molar-refractivity contribution < 1.29 is 9.84 Å². The Bertz CT molecular complexity index is 414. The van der Waals surface area contributed by atoms with E-state index < -0.39 is 0 Å². The van der Waals surface area contributed by atoms with Crippen LogP contribution in [0.4, 0.5) is 5.82 Å². The topological polar surface area (TPSA) is 58.5 Å². The molecule has 94 valence electrons. The van der Waals surface area contributed by atoms with Crippen molar-refractivity contribution in [1.82, 2.24) is 9.97 Å². The highest BCUT2D eigenvalue weighted by atomic mass is 35.5. The molecule has 0 bridgehead atoms. The Hall–Kier alpha value is -0.910. The summed E-state index contributed by atoms with van der Waals surface area (Å²) in [6, 6.07) is -0.0994. The lowest BCUT2D eigenvalue weighted by molar-refractivity contribution is 0.0722. The molecule has 0 aliphatic carbocycles. The van der Waals surface area contributed by atoms with E-state index in [4.69, 9.17) is 16.3 Å². The molecule has 1 saturated heterocycles. The molecule has 2 rings (SSSR count). The number of rotatable bonds is 2. The van der Waals surface area contributed by atoms with Gasteiger partial charge >= 0.3 is 0 Å². The summed E-state index contributed by atoms with van der Waals surface area (Å²) in [4.78, 5) is 10.7. The molecule has 0 amide bonds. The molecule has 0 radical (unpaired) electrons. The fraction of sp³-hybridized carbons (Fsp3) is 0.636. The molecule has 1 fully saturated rings. The number of aliphatic hydroxyl groups is 1. The van der Waals surface area contributed by atoms with E-state index in [0.717, 1.165) is 11.4 Å². The first-order chi connectivity index (χ1) is 8.13. The van der Waals surface area contributed by atoms with Crippen LogP contribution in [0.15, 0.2) is 0 Å². The fourth-order valence-corrected chi connectivity index (χ4v) is 2.11. The first kappa shape index (κ1) is 12.5. The number of hydrogen-bond donors (Lipinski definition) is 1. The van der Waals surface area contributed by atoms with E-state index in [1.165, 1.54) is 0 Å². The van der Waals surface area contributed by atoms with Crippen LogP contribution in [0.25, 0.3) is 0 Å². The SMILES string of the molecule is Cc1nc(Cl)c(N2CCOCC2CO)nc1C. The minimum Gasteiger partial charge on any atom is -0.394 e. The largest absolute Gasteiger partial charge is 0.394 e. The summed E-state index contributed by atoms with van der Waals surface area (Å²) < 4.78 is 5.33. The highest BCUT2D eigenvalue weighted by Crippen LogP contribution is 2.25. The summed E-state index contributed by atoms with van der Waals surface area (Å²) in [6.45, 7) is 5.56. The van der Waals surface area contributed by atoms with E-state index in [1.54, 1.807) is 0 Å². The second-order valence-electron chi connectivity index (χ2n) is 4.11. The summed E-state index contributed by atoms with van der Waals surface area (Å²) in [7, 11) is 0. The molecule has 6 heteroatoms. The van der Waals surface area contributed by atoms with Gasteiger partial charge in [0, 0.05) is 6.54 Å². The molecule has 2 heterocycles. The van der Waals surface area contributed by atoms with Crippen molar-refractivity contribution in [2.45, 2.75) is 19.9 Å². The van der Waals surface area contributed by atoms with Crippen LogP contribution >= 0.6 is 11.6 Å². The van der Waals surface area contributed by atoms with Gasteiger partial charge < -0.3 is 14.7 Å². The van der Waals surface area contributed by atoms with Gasteiger partial charge in [0.1, 0.15) is 0 Å². The third-order valence-electron chi connectivity index (χ3n) is 2.96. The average molecular weight is 258 g/mol. The van der Waals surface area contributed by atoms with Crippen LogP contribution in [0, 0.1) is 13.8 Å². The Morgan fingerprint density at radius 1 is 1.41 bits per heavy atom.